The van der Waals surface area contributed by atoms with Crippen molar-refractivity contribution in [1.82, 2.24) is 60.2 Å². The third-order valence-electron chi connectivity index (χ3n) is 15.5. The fraction of sp³-hybridized carbons (Fsp3) is 0.509. The molecule has 6 aromatic rings. The lowest BCUT2D eigenvalue weighted by Crippen LogP contribution is -2.59. The van der Waals surface area contributed by atoms with Crippen molar-refractivity contribution in [2.75, 3.05) is 57.7 Å². The van der Waals surface area contributed by atoms with Gasteiger partial charge in [-0.05, 0) is 80.2 Å². The summed E-state index contributed by atoms with van der Waals surface area (Å²) in [6.45, 7) is 10.5. The summed E-state index contributed by atoms with van der Waals surface area (Å²) in [4.78, 5) is 73.5. The van der Waals surface area contributed by atoms with E-state index in [4.69, 9.17) is 9.72 Å². The molecule has 2 aromatic carbocycles. The van der Waals surface area contributed by atoms with E-state index in [-0.39, 0.29) is 50.5 Å². The highest BCUT2D eigenvalue weighted by Crippen LogP contribution is 2.42. The number of aromatic amines is 1. The first-order chi connectivity index (χ1) is 38.4. The number of benzene rings is 2. The van der Waals surface area contributed by atoms with E-state index in [0.29, 0.717) is 68.0 Å². The van der Waals surface area contributed by atoms with Crippen LogP contribution in [0.25, 0.3) is 27.3 Å². The zero-order valence-corrected chi connectivity index (χ0v) is 46.5. The minimum atomic E-state index is -1.98. The van der Waals surface area contributed by atoms with Crippen molar-refractivity contribution in [2.24, 2.45) is 5.41 Å². The Balaban J connectivity index is 0.649. The van der Waals surface area contributed by atoms with Gasteiger partial charge >= 0.3 is 0 Å². The second-order valence-corrected chi connectivity index (χ2v) is 23.6. The second-order valence-electron chi connectivity index (χ2n) is 22.7. The van der Waals surface area contributed by atoms with Crippen molar-refractivity contribution in [2.45, 2.75) is 128 Å². The molecule has 2 aliphatic carbocycles. The summed E-state index contributed by atoms with van der Waals surface area (Å²) in [6.07, 6.45) is 10.8. The van der Waals surface area contributed by atoms with E-state index >= 15 is 4.39 Å². The quantitative estimate of drug-likeness (QED) is 0.0349. The van der Waals surface area contributed by atoms with E-state index in [0.717, 1.165) is 77.2 Å². The number of fused-ring (bicyclic) bond motifs is 1. The lowest BCUT2D eigenvalue weighted by atomic mass is 9.85. The van der Waals surface area contributed by atoms with Gasteiger partial charge in [0.2, 0.25) is 17.7 Å². The molecular formula is C57H71F2N13O7S. The van der Waals surface area contributed by atoms with Crippen LogP contribution in [0.3, 0.4) is 0 Å². The van der Waals surface area contributed by atoms with Crippen LogP contribution in [0.2, 0.25) is 0 Å². The number of ether oxygens (including phenoxy) is 1. The van der Waals surface area contributed by atoms with E-state index in [2.05, 4.69) is 41.4 Å². The molecule has 2 saturated heterocycles. The van der Waals surface area contributed by atoms with Crippen molar-refractivity contribution in [3.63, 3.8) is 0 Å². The number of likely N-dealkylation sites (tertiary alicyclic amines) is 1. The van der Waals surface area contributed by atoms with Gasteiger partial charge in [0.1, 0.15) is 29.9 Å². The number of aliphatic hydroxyl groups excluding tert-OH is 2. The van der Waals surface area contributed by atoms with E-state index in [1.54, 1.807) is 57.0 Å². The maximum absolute atomic E-state index is 15.7. The number of alkyl halides is 1. The Labute approximate surface area is 467 Å². The number of aromatic nitrogens is 6. The van der Waals surface area contributed by atoms with Gasteiger partial charge in [-0.2, -0.15) is 5.10 Å². The van der Waals surface area contributed by atoms with Crippen LogP contribution in [0.15, 0.2) is 66.7 Å². The molecule has 0 bridgehead atoms. The van der Waals surface area contributed by atoms with Gasteiger partial charge < -0.3 is 41.1 Å². The zero-order chi connectivity index (χ0) is 56.3. The molecule has 20 nitrogen and oxygen atoms in total. The number of rotatable bonds is 23. The average molecular weight is 1120 g/mol. The highest BCUT2D eigenvalue weighted by atomic mass is 32.1. The largest absolute Gasteiger partial charge is 0.493 e. The molecule has 2 saturated carbocycles. The van der Waals surface area contributed by atoms with Crippen LogP contribution in [0.4, 0.5) is 20.3 Å². The highest BCUT2D eigenvalue weighted by Gasteiger charge is 2.53. The Morgan fingerprint density at radius 1 is 0.975 bits per heavy atom. The lowest BCUT2D eigenvalue weighted by Gasteiger charge is -2.37. The molecule has 4 amide bonds. The summed E-state index contributed by atoms with van der Waals surface area (Å²) in [6, 6.07) is 8.33. The fourth-order valence-corrected chi connectivity index (χ4v) is 11.2. The minimum absolute atomic E-state index is 0.0136. The van der Waals surface area contributed by atoms with E-state index in [1.165, 1.54) is 22.3 Å². The Morgan fingerprint density at radius 2 is 1.76 bits per heavy atom. The van der Waals surface area contributed by atoms with Gasteiger partial charge in [-0.15, -0.1) is 11.3 Å². The number of nitrogens with zero attached hydrogens (tertiary/aromatic N) is 8. The number of unbranched alkanes of at least 4 members (excludes halogenated alkanes) is 3. The lowest BCUT2D eigenvalue weighted by molar-refractivity contribution is -0.145. The molecule has 6 heterocycles. The van der Waals surface area contributed by atoms with Crippen molar-refractivity contribution in [3.05, 3.63) is 95.0 Å². The Kier molecular flexibility index (Phi) is 16.9. The molecule has 10 rings (SSSR count). The summed E-state index contributed by atoms with van der Waals surface area (Å²) in [5, 5.41) is 40.6. The summed E-state index contributed by atoms with van der Waals surface area (Å²) < 4.78 is 38.7. The van der Waals surface area contributed by atoms with Gasteiger partial charge in [-0.3, -0.25) is 38.5 Å². The number of piperazine rings is 1. The van der Waals surface area contributed by atoms with Crippen LogP contribution >= 0.6 is 11.3 Å². The van der Waals surface area contributed by atoms with E-state index < -0.39 is 59.0 Å². The van der Waals surface area contributed by atoms with Gasteiger partial charge in [0.25, 0.3) is 5.91 Å². The minimum Gasteiger partial charge on any atom is -0.493 e. The Bertz CT molecular complexity index is 3190. The summed E-state index contributed by atoms with van der Waals surface area (Å²) >= 11 is 1.52. The number of nitrogens with one attached hydrogen (secondary N) is 5. The number of amides is 4. The number of aryl methyl sites for hydroxylation is 1. The zero-order valence-electron chi connectivity index (χ0n) is 45.6. The number of thiazole rings is 1. The predicted molar refractivity (Wildman–Crippen MR) is 297 cm³/mol. The molecule has 4 fully saturated rings. The van der Waals surface area contributed by atoms with E-state index in [9.17, 15) is 33.8 Å². The van der Waals surface area contributed by atoms with Crippen LogP contribution in [-0.4, -0.2) is 154 Å². The molecule has 4 atom stereocenters. The second kappa shape index (κ2) is 24.0. The van der Waals surface area contributed by atoms with Crippen LogP contribution < -0.4 is 26.0 Å². The van der Waals surface area contributed by atoms with Crippen LogP contribution in [0.5, 0.6) is 5.75 Å². The molecule has 7 N–H and O–H groups in total. The topological polar surface area (TPSA) is 248 Å². The normalized spacial score (nSPS) is 19.2. The van der Waals surface area contributed by atoms with Crippen LogP contribution in [0.1, 0.15) is 113 Å². The van der Waals surface area contributed by atoms with Crippen molar-refractivity contribution in [3.8, 4) is 27.4 Å². The fourth-order valence-electron chi connectivity index (χ4n) is 10.4. The molecule has 1 unspecified atom stereocenters. The van der Waals surface area contributed by atoms with Gasteiger partial charge in [0, 0.05) is 81.7 Å². The number of carbonyl (C=O) groups excluding carboxylic acids is 4. The summed E-state index contributed by atoms with van der Waals surface area (Å²) in [5.41, 5.74) is 5.35. The first-order valence-electron chi connectivity index (χ1n) is 27.7. The maximum Gasteiger partial charge on any atom is 0.258 e. The van der Waals surface area contributed by atoms with Crippen molar-refractivity contribution >= 4 is 52.1 Å². The van der Waals surface area contributed by atoms with Gasteiger partial charge in [0.15, 0.2) is 17.1 Å². The molecule has 4 aliphatic rings. The van der Waals surface area contributed by atoms with Crippen molar-refractivity contribution < 1.29 is 42.9 Å². The molecule has 80 heavy (non-hydrogen) atoms. The maximum atomic E-state index is 15.7. The SMILES string of the molecule is Cc1ncsc1-c1ccc(CNC(=O)[C@@H]2C[C@@H](O)CN2C(=O)[C@@H](NC(=O)C2(F)CC2)C(C)(C)C)c(OCCCCCCNC(=O)CN2CCN(C(O)c3ccc(Nc4nc(C5CC5)cn5c(-c6cn[nH]c6)cnc45)c(F)c3)CC2)c1. The summed E-state index contributed by atoms with van der Waals surface area (Å²) in [7, 11) is 0. The molecule has 23 heteroatoms. The number of H-pyrrole nitrogens is 1. The molecular weight excluding hydrogens is 1050 g/mol. The third kappa shape index (κ3) is 13.1. The smallest absolute Gasteiger partial charge is 0.258 e. The van der Waals surface area contributed by atoms with Crippen LogP contribution in [-0.2, 0) is 25.7 Å². The predicted octanol–water partition coefficient (Wildman–Crippen LogP) is 6.29. The van der Waals surface area contributed by atoms with Crippen LogP contribution in [0, 0.1) is 18.2 Å². The number of hydrogen-bond acceptors (Lipinski definition) is 15. The standard InChI is InChI=1S/C57H71F2N13O7S/c1-34-48(80-33-63-34)36-11-12-38(26-62-52(75)44-25-40(73)30-72(44)54(77)49(56(2,3)4)68-55(78)57(59)15-16-57)46(24-36)79-22-8-6-5-7-17-60-47(74)32-69-18-20-70(21-19-69)53(76)37-13-14-42(41(58)23-37)66-50-51-61-29-45(39-27-64-65-28-39)71(51)31-43(67-50)35-9-10-35/h11-14,23-24,27-29,31,33,35,40,44,49,53,73,76H,5-10,15-22,25-26,30,32H2,1-4H3,(H,60,74)(H,62,75)(H,64,65)(H,66,67)(H,68,78)/t40-,44+,49-,53?/m1/s1. The number of anilines is 2. The number of halogens is 2. The number of hydrogen-bond donors (Lipinski definition) is 7. The van der Waals surface area contributed by atoms with Gasteiger partial charge in [0.05, 0.1) is 64.8 Å². The molecule has 0 spiro atoms. The van der Waals surface area contributed by atoms with Gasteiger partial charge in [-0.25, -0.2) is 23.7 Å². The first-order valence-corrected chi connectivity index (χ1v) is 28.6. The average Bonchev–Trinajstić information content (AvgIpc) is 4.16. The first kappa shape index (κ1) is 56.4. The van der Waals surface area contributed by atoms with Crippen molar-refractivity contribution in [1.29, 1.82) is 0 Å². The highest BCUT2D eigenvalue weighted by molar-refractivity contribution is 7.13. The Morgan fingerprint density at radius 3 is 2.46 bits per heavy atom. The number of β-amino-alcohol motifs (C(OH)–C–C–N with tert-alkyl or cyclic N) is 1. The molecule has 2 aliphatic heterocycles. The molecule has 0 radical (unpaired) electrons. The van der Waals surface area contributed by atoms with E-state index in [1.807, 2.05) is 45.5 Å². The summed E-state index contributed by atoms with van der Waals surface area (Å²) in [5.74, 6) is -1.08. The Hall–Kier alpha value is -6.92. The monoisotopic (exact) mass is 1120 g/mol. The number of aliphatic hydroxyl groups is 2. The van der Waals surface area contributed by atoms with Gasteiger partial charge in [-0.1, -0.05) is 51.8 Å². The molecule has 426 valence electrons. The number of carbonyl (C=O) groups is 4. The molecule has 4 aromatic heterocycles. The number of imidazole rings is 1. The third-order valence-corrected chi connectivity index (χ3v) is 16.5.